The number of amides is 2. The number of unbranched alkanes of at least 4 members (excludes halogenated alkanes) is 1. The topological polar surface area (TPSA) is 67.9 Å². The summed E-state index contributed by atoms with van der Waals surface area (Å²) in [5.41, 5.74) is 1.95. The SMILES string of the molecule is CCCCOc1ccc(C(C)NC(=O)C2CCC3S/C(=C/c4ccccc4OC)C(=O)N(C)C3C2)cc1. The molecule has 1 N–H and O–H groups in total. The standard InChI is InChI=1S/C30H38N2O4S/c1-5-6-17-36-24-14-11-21(12-15-24)20(2)31-29(33)23-13-16-27-25(18-23)32(3)30(34)28(37-27)19-22-9-7-8-10-26(22)35-4/h7-12,14-15,19-20,23,25,27H,5-6,13,16-18H2,1-4H3,(H,31,33)/b28-19+. The third-order valence-electron chi connectivity index (χ3n) is 7.36. The minimum Gasteiger partial charge on any atom is -0.496 e. The summed E-state index contributed by atoms with van der Waals surface area (Å²) in [6.45, 7) is 4.88. The van der Waals surface area contributed by atoms with E-state index in [0.717, 1.165) is 59.8 Å². The van der Waals surface area contributed by atoms with Crippen LogP contribution < -0.4 is 14.8 Å². The van der Waals surface area contributed by atoms with E-state index in [2.05, 4.69) is 12.2 Å². The Morgan fingerprint density at radius 1 is 1.19 bits per heavy atom. The second kappa shape index (κ2) is 12.5. The van der Waals surface area contributed by atoms with Crippen molar-refractivity contribution in [2.45, 2.75) is 63.3 Å². The lowest BCUT2D eigenvalue weighted by Gasteiger charge is -2.44. The summed E-state index contributed by atoms with van der Waals surface area (Å²) < 4.78 is 11.2. The van der Waals surface area contributed by atoms with Crippen LogP contribution in [0.25, 0.3) is 6.08 Å². The number of ether oxygens (including phenoxy) is 2. The first-order valence-electron chi connectivity index (χ1n) is 13.2. The quantitative estimate of drug-likeness (QED) is 0.331. The number of thioether (sulfide) groups is 1. The second-order valence-corrected chi connectivity index (χ2v) is 11.2. The maximum atomic E-state index is 13.2. The highest BCUT2D eigenvalue weighted by atomic mass is 32.2. The zero-order valence-corrected chi connectivity index (χ0v) is 23.1. The van der Waals surface area contributed by atoms with Crippen molar-refractivity contribution in [3.05, 3.63) is 64.6 Å². The molecule has 1 aliphatic heterocycles. The van der Waals surface area contributed by atoms with Crippen LogP contribution in [0.5, 0.6) is 11.5 Å². The first-order valence-corrected chi connectivity index (χ1v) is 14.1. The van der Waals surface area contributed by atoms with Crippen molar-refractivity contribution in [3.8, 4) is 11.5 Å². The molecule has 2 aliphatic rings. The van der Waals surface area contributed by atoms with Crippen LogP contribution in [-0.4, -0.2) is 48.8 Å². The molecule has 37 heavy (non-hydrogen) atoms. The molecule has 4 atom stereocenters. The van der Waals surface area contributed by atoms with E-state index in [1.165, 1.54) is 0 Å². The fourth-order valence-electron chi connectivity index (χ4n) is 5.06. The predicted octanol–water partition coefficient (Wildman–Crippen LogP) is 5.83. The summed E-state index contributed by atoms with van der Waals surface area (Å²) in [5.74, 6) is 1.58. The van der Waals surface area contributed by atoms with Crippen LogP contribution in [0.4, 0.5) is 0 Å². The number of nitrogens with one attached hydrogen (secondary N) is 1. The summed E-state index contributed by atoms with van der Waals surface area (Å²) in [7, 11) is 3.50. The van der Waals surface area contributed by atoms with Crippen LogP contribution in [0.2, 0.25) is 0 Å². The Labute approximate surface area is 224 Å². The molecule has 2 amide bonds. The molecule has 2 aromatic carbocycles. The largest absolute Gasteiger partial charge is 0.496 e. The molecule has 1 aliphatic carbocycles. The predicted molar refractivity (Wildman–Crippen MR) is 150 cm³/mol. The zero-order chi connectivity index (χ0) is 26.4. The normalized spacial score (nSPS) is 23.4. The zero-order valence-electron chi connectivity index (χ0n) is 22.2. The van der Waals surface area contributed by atoms with E-state index < -0.39 is 0 Å². The number of carbonyl (C=O) groups is 2. The number of benzene rings is 2. The van der Waals surface area contributed by atoms with Gasteiger partial charge in [0.05, 0.1) is 24.7 Å². The average Bonchev–Trinajstić information content (AvgIpc) is 2.92. The van der Waals surface area contributed by atoms with Gasteiger partial charge in [0.25, 0.3) is 5.91 Å². The van der Waals surface area contributed by atoms with Gasteiger partial charge in [0.15, 0.2) is 0 Å². The molecule has 0 radical (unpaired) electrons. The van der Waals surface area contributed by atoms with Gasteiger partial charge in [0.2, 0.25) is 5.91 Å². The van der Waals surface area contributed by atoms with Gasteiger partial charge in [0, 0.05) is 29.8 Å². The Hall–Kier alpha value is -2.93. The molecule has 6 nitrogen and oxygen atoms in total. The average molecular weight is 523 g/mol. The first-order chi connectivity index (χ1) is 17.9. The third-order valence-corrected chi connectivity index (χ3v) is 8.76. The maximum Gasteiger partial charge on any atom is 0.260 e. The van der Waals surface area contributed by atoms with Crippen LogP contribution in [0.15, 0.2) is 53.4 Å². The molecule has 4 rings (SSSR count). The molecule has 0 bridgehead atoms. The lowest BCUT2D eigenvalue weighted by molar-refractivity contribution is -0.132. The molecule has 7 heteroatoms. The number of para-hydroxylation sites is 1. The highest BCUT2D eigenvalue weighted by molar-refractivity contribution is 8.04. The number of nitrogens with zero attached hydrogens (tertiary/aromatic N) is 1. The number of methoxy groups -OCH3 is 1. The molecular formula is C30H38N2O4S. The van der Waals surface area contributed by atoms with E-state index in [1.807, 2.05) is 73.5 Å². The van der Waals surface area contributed by atoms with E-state index in [0.29, 0.717) is 6.42 Å². The van der Waals surface area contributed by atoms with Gasteiger partial charge in [-0.3, -0.25) is 9.59 Å². The second-order valence-electron chi connectivity index (χ2n) is 9.90. The molecular weight excluding hydrogens is 484 g/mol. The van der Waals surface area contributed by atoms with Crippen LogP contribution in [0.1, 0.15) is 63.1 Å². The van der Waals surface area contributed by atoms with Crippen molar-refractivity contribution in [3.63, 3.8) is 0 Å². The summed E-state index contributed by atoms with van der Waals surface area (Å²) >= 11 is 1.64. The lowest BCUT2D eigenvalue weighted by atomic mass is 9.83. The lowest BCUT2D eigenvalue weighted by Crippen LogP contribution is -2.52. The van der Waals surface area contributed by atoms with Gasteiger partial charge in [-0.25, -0.2) is 0 Å². The Balaban J connectivity index is 1.36. The minimum atomic E-state index is -0.101. The number of likely N-dealkylation sites (N-methyl/N-ethyl adjacent to an activating group) is 1. The van der Waals surface area contributed by atoms with Crippen molar-refractivity contribution in [1.29, 1.82) is 0 Å². The fourth-order valence-corrected chi connectivity index (χ4v) is 6.54. The van der Waals surface area contributed by atoms with E-state index in [1.54, 1.807) is 18.9 Å². The van der Waals surface area contributed by atoms with Gasteiger partial charge in [-0.1, -0.05) is 43.7 Å². The molecule has 1 saturated carbocycles. The Bertz CT molecular complexity index is 1120. The number of hydrogen-bond acceptors (Lipinski definition) is 5. The minimum absolute atomic E-state index is 0.00725. The van der Waals surface area contributed by atoms with E-state index >= 15 is 0 Å². The van der Waals surface area contributed by atoms with Gasteiger partial charge >= 0.3 is 0 Å². The van der Waals surface area contributed by atoms with Crippen molar-refractivity contribution in [2.24, 2.45) is 5.92 Å². The molecule has 0 spiro atoms. The van der Waals surface area contributed by atoms with Crippen molar-refractivity contribution >= 4 is 29.7 Å². The molecule has 0 aromatic heterocycles. The van der Waals surface area contributed by atoms with Crippen LogP contribution in [0, 0.1) is 5.92 Å². The van der Waals surface area contributed by atoms with Crippen molar-refractivity contribution in [1.82, 2.24) is 10.2 Å². The number of hydrogen-bond donors (Lipinski definition) is 1. The fraction of sp³-hybridized carbons (Fsp3) is 0.467. The van der Waals surface area contributed by atoms with Gasteiger partial charge in [0.1, 0.15) is 11.5 Å². The monoisotopic (exact) mass is 522 g/mol. The van der Waals surface area contributed by atoms with Crippen LogP contribution >= 0.6 is 11.8 Å². The highest BCUT2D eigenvalue weighted by Crippen LogP contribution is 2.43. The summed E-state index contributed by atoms with van der Waals surface area (Å²) in [6, 6.07) is 15.6. The molecule has 1 heterocycles. The van der Waals surface area contributed by atoms with Crippen LogP contribution in [0.3, 0.4) is 0 Å². The third kappa shape index (κ3) is 6.50. The van der Waals surface area contributed by atoms with E-state index in [-0.39, 0.29) is 35.1 Å². The van der Waals surface area contributed by atoms with Gasteiger partial charge in [-0.05, 0) is 62.4 Å². The number of rotatable bonds is 9. The first kappa shape index (κ1) is 27.1. The summed E-state index contributed by atoms with van der Waals surface area (Å²) in [6.07, 6.45) is 6.47. The Kier molecular flexibility index (Phi) is 9.19. The molecule has 2 aromatic rings. The Morgan fingerprint density at radius 2 is 1.95 bits per heavy atom. The van der Waals surface area contributed by atoms with Crippen molar-refractivity contribution in [2.75, 3.05) is 20.8 Å². The summed E-state index contributed by atoms with van der Waals surface area (Å²) in [4.78, 5) is 29.0. The van der Waals surface area contributed by atoms with Gasteiger partial charge < -0.3 is 19.7 Å². The molecule has 4 unspecified atom stereocenters. The Morgan fingerprint density at radius 3 is 2.68 bits per heavy atom. The molecule has 198 valence electrons. The van der Waals surface area contributed by atoms with E-state index in [9.17, 15) is 9.59 Å². The molecule has 1 saturated heterocycles. The number of fused-ring (bicyclic) bond motifs is 1. The summed E-state index contributed by atoms with van der Waals surface area (Å²) in [5, 5.41) is 3.48. The molecule has 2 fully saturated rings. The number of carbonyl (C=O) groups excluding carboxylic acids is 2. The highest BCUT2D eigenvalue weighted by Gasteiger charge is 2.43. The van der Waals surface area contributed by atoms with Gasteiger partial charge in [-0.15, -0.1) is 11.8 Å². The van der Waals surface area contributed by atoms with E-state index in [4.69, 9.17) is 9.47 Å². The maximum absolute atomic E-state index is 13.2. The van der Waals surface area contributed by atoms with Crippen molar-refractivity contribution < 1.29 is 19.1 Å². The van der Waals surface area contributed by atoms with Gasteiger partial charge in [-0.2, -0.15) is 0 Å². The van der Waals surface area contributed by atoms with Crippen LogP contribution in [-0.2, 0) is 9.59 Å². The smallest absolute Gasteiger partial charge is 0.260 e.